The first-order valence-electron chi connectivity index (χ1n) is 7.84. The molecule has 1 fully saturated rings. The van der Waals surface area contributed by atoms with E-state index >= 15 is 0 Å². The molecule has 1 saturated carbocycles. The van der Waals surface area contributed by atoms with Gasteiger partial charge in [0.1, 0.15) is 5.82 Å². The summed E-state index contributed by atoms with van der Waals surface area (Å²) >= 11 is 6.31. The average Bonchev–Trinajstić information content (AvgIpc) is 3.18. The van der Waals surface area contributed by atoms with E-state index in [1.165, 1.54) is 23.9 Å². The summed E-state index contributed by atoms with van der Waals surface area (Å²) in [4.78, 5) is 4.70. The number of hydrogen-bond donors (Lipinski definition) is 0. The zero-order valence-corrected chi connectivity index (χ0v) is 13.6. The highest BCUT2D eigenvalue weighted by molar-refractivity contribution is 6.20. The second-order valence-corrected chi connectivity index (χ2v) is 6.71. The van der Waals surface area contributed by atoms with Crippen LogP contribution in [0.3, 0.4) is 0 Å². The Morgan fingerprint density at radius 3 is 2.95 bits per heavy atom. The molecule has 1 aliphatic carbocycles. The molecule has 1 aromatic heterocycles. The van der Waals surface area contributed by atoms with Crippen LogP contribution >= 0.6 is 11.6 Å². The van der Waals surface area contributed by atoms with Crippen molar-refractivity contribution in [1.29, 1.82) is 0 Å². The molecule has 1 unspecified atom stereocenters. The van der Waals surface area contributed by atoms with Crippen LogP contribution in [0.5, 0.6) is 0 Å². The molecule has 0 spiro atoms. The Bertz CT molecular complexity index is 617. The van der Waals surface area contributed by atoms with E-state index in [1.54, 1.807) is 0 Å². The fourth-order valence-electron chi connectivity index (χ4n) is 2.77. The molecule has 0 aliphatic heterocycles. The first-order valence-corrected chi connectivity index (χ1v) is 8.28. The Morgan fingerprint density at radius 1 is 1.43 bits per heavy atom. The maximum atomic E-state index is 6.31. The van der Waals surface area contributed by atoms with Crippen LogP contribution in [0.2, 0.25) is 0 Å². The zero-order valence-electron chi connectivity index (χ0n) is 12.8. The van der Waals surface area contributed by atoms with E-state index in [9.17, 15) is 0 Å². The van der Waals surface area contributed by atoms with E-state index in [2.05, 4.69) is 29.7 Å². The molecule has 1 aromatic carbocycles. The monoisotopic (exact) mass is 306 g/mol. The van der Waals surface area contributed by atoms with Gasteiger partial charge in [-0.25, -0.2) is 4.98 Å². The highest BCUT2D eigenvalue weighted by Crippen LogP contribution is 2.29. The van der Waals surface area contributed by atoms with Crippen LogP contribution in [0.25, 0.3) is 11.0 Å². The van der Waals surface area contributed by atoms with Gasteiger partial charge in [0.15, 0.2) is 0 Å². The summed E-state index contributed by atoms with van der Waals surface area (Å²) in [5, 5.41) is -0.0795. The number of hydrogen-bond acceptors (Lipinski definition) is 2. The number of fused-ring (bicyclic) bond motifs is 1. The Balaban J connectivity index is 1.73. The predicted molar refractivity (Wildman–Crippen MR) is 86.9 cm³/mol. The van der Waals surface area contributed by atoms with Gasteiger partial charge in [0.05, 0.1) is 16.4 Å². The zero-order chi connectivity index (χ0) is 14.8. The summed E-state index contributed by atoms with van der Waals surface area (Å²) in [6, 6.07) is 6.24. The SMILES string of the molecule is Cc1cccc2nc(C(C)Cl)n(CCCOCC3CC3)c12. The topological polar surface area (TPSA) is 27.1 Å². The van der Waals surface area contributed by atoms with Crippen molar-refractivity contribution in [3.05, 3.63) is 29.6 Å². The lowest BCUT2D eigenvalue weighted by Gasteiger charge is -2.12. The van der Waals surface area contributed by atoms with Gasteiger partial charge < -0.3 is 9.30 Å². The molecule has 0 radical (unpaired) electrons. The second kappa shape index (κ2) is 6.37. The summed E-state index contributed by atoms with van der Waals surface area (Å²) in [6.07, 6.45) is 3.70. The number of ether oxygens (including phenoxy) is 1. The third kappa shape index (κ3) is 3.41. The van der Waals surface area contributed by atoms with Crippen LogP contribution in [-0.4, -0.2) is 22.8 Å². The quantitative estimate of drug-likeness (QED) is 0.558. The van der Waals surface area contributed by atoms with Gasteiger partial charge in [-0.15, -0.1) is 11.6 Å². The highest BCUT2D eigenvalue weighted by atomic mass is 35.5. The predicted octanol–water partition coefficient (Wildman–Crippen LogP) is 4.46. The van der Waals surface area contributed by atoms with Gasteiger partial charge in [-0.2, -0.15) is 0 Å². The van der Waals surface area contributed by atoms with Crippen molar-refractivity contribution in [3.63, 3.8) is 0 Å². The van der Waals surface area contributed by atoms with E-state index < -0.39 is 0 Å². The van der Waals surface area contributed by atoms with Gasteiger partial charge in [-0.05, 0) is 50.7 Å². The van der Waals surface area contributed by atoms with Gasteiger partial charge in [0.25, 0.3) is 0 Å². The van der Waals surface area contributed by atoms with Crippen LogP contribution in [0.1, 0.15) is 43.0 Å². The highest BCUT2D eigenvalue weighted by Gasteiger charge is 2.21. The minimum atomic E-state index is -0.0795. The number of halogens is 1. The first kappa shape index (κ1) is 14.9. The molecule has 1 atom stereocenters. The van der Waals surface area contributed by atoms with Crippen molar-refractivity contribution < 1.29 is 4.74 Å². The molecule has 0 N–H and O–H groups in total. The van der Waals surface area contributed by atoms with Crippen LogP contribution in [0.15, 0.2) is 18.2 Å². The number of nitrogens with zero attached hydrogens (tertiary/aromatic N) is 2. The van der Waals surface area contributed by atoms with Crippen molar-refractivity contribution in [3.8, 4) is 0 Å². The smallest absolute Gasteiger partial charge is 0.127 e. The normalized spacial score (nSPS) is 16.5. The standard InChI is InChI=1S/C17H23ClN2O/c1-12-5-3-6-15-16(12)20(17(19-15)13(2)18)9-4-10-21-11-14-7-8-14/h3,5-6,13-14H,4,7-11H2,1-2H3. The minimum absolute atomic E-state index is 0.0795. The maximum Gasteiger partial charge on any atom is 0.127 e. The molecule has 21 heavy (non-hydrogen) atoms. The Morgan fingerprint density at radius 2 is 2.24 bits per heavy atom. The fraction of sp³-hybridized carbons (Fsp3) is 0.588. The summed E-state index contributed by atoms with van der Waals surface area (Å²) in [7, 11) is 0. The Labute approximate surface area is 131 Å². The summed E-state index contributed by atoms with van der Waals surface area (Å²) in [6.45, 7) is 6.78. The lowest BCUT2D eigenvalue weighted by molar-refractivity contribution is 0.119. The van der Waals surface area contributed by atoms with Gasteiger partial charge >= 0.3 is 0 Å². The van der Waals surface area contributed by atoms with Gasteiger partial charge in [-0.3, -0.25) is 0 Å². The van der Waals surface area contributed by atoms with E-state index in [4.69, 9.17) is 21.3 Å². The molecule has 0 bridgehead atoms. The number of imidazole rings is 1. The molecule has 3 nitrogen and oxygen atoms in total. The van der Waals surface area contributed by atoms with E-state index in [0.29, 0.717) is 0 Å². The van der Waals surface area contributed by atoms with Crippen LogP contribution < -0.4 is 0 Å². The molecular weight excluding hydrogens is 284 g/mol. The molecule has 0 saturated heterocycles. The van der Waals surface area contributed by atoms with E-state index in [0.717, 1.165) is 43.4 Å². The number of aryl methyl sites for hydroxylation is 2. The molecule has 4 heteroatoms. The first-order chi connectivity index (χ1) is 10.2. The molecule has 0 amide bonds. The maximum absolute atomic E-state index is 6.31. The van der Waals surface area contributed by atoms with Gasteiger partial charge in [0.2, 0.25) is 0 Å². The van der Waals surface area contributed by atoms with Crippen molar-refractivity contribution in [2.75, 3.05) is 13.2 Å². The van der Waals surface area contributed by atoms with Crippen LogP contribution in [-0.2, 0) is 11.3 Å². The molecule has 114 valence electrons. The summed E-state index contributed by atoms with van der Waals surface area (Å²) in [5.74, 6) is 1.79. The number of para-hydroxylation sites is 1. The van der Waals surface area contributed by atoms with E-state index in [1.807, 2.05) is 6.92 Å². The largest absolute Gasteiger partial charge is 0.381 e. The molecule has 2 aromatic rings. The van der Waals surface area contributed by atoms with Crippen molar-refractivity contribution >= 4 is 22.6 Å². The number of aromatic nitrogens is 2. The number of benzene rings is 1. The van der Waals surface area contributed by atoms with Crippen molar-refractivity contribution in [2.24, 2.45) is 5.92 Å². The third-order valence-corrected chi connectivity index (χ3v) is 4.27. The molecular formula is C17H23ClN2O. The minimum Gasteiger partial charge on any atom is -0.381 e. The number of rotatable bonds is 7. The van der Waals surface area contributed by atoms with Crippen LogP contribution in [0.4, 0.5) is 0 Å². The Kier molecular flexibility index (Phi) is 4.51. The average molecular weight is 307 g/mol. The summed E-state index contributed by atoms with van der Waals surface area (Å²) in [5.41, 5.74) is 3.50. The molecule has 1 heterocycles. The van der Waals surface area contributed by atoms with Gasteiger partial charge in [-0.1, -0.05) is 12.1 Å². The number of alkyl halides is 1. The van der Waals surface area contributed by atoms with Crippen molar-refractivity contribution in [1.82, 2.24) is 9.55 Å². The third-order valence-electron chi connectivity index (χ3n) is 4.07. The second-order valence-electron chi connectivity index (χ2n) is 6.05. The van der Waals surface area contributed by atoms with Gasteiger partial charge in [0, 0.05) is 19.8 Å². The lowest BCUT2D eigenvalue weighted by atomic mass is 10.2. The lowest BCUT2D eigenvalue weighted by Crippen LogP contribution is -2.08. The fourth-order valence-corrected chi connectivity index (χ4v) is 2.94. The van der Waals surface area contributed by atoms with Crippen LogP contribution in [0, 0.1) is 12.8 Å². The van der Waals surface area contributed by atoms with Crippen molar-refractivity contribution in [2.45, 2.75) is 45.0 Å². The summed E-state index contributed by atoms with van der Waals surface area (Å²) < 4.78 is 8.00. The molecule has 3 rings (SSSR count). The molecule has 1 aliphatic rings. The Hall–Kier alpha value is -1.06. The van der Waals surface area contributed by atoms with E-state index in [-0.39, 0.29) is 5.38 Å².